The summed E-state index contributed by atoms with van der Waals surface area (Å²) < 4.78 is 30.5. The predicted octanol–water partition coefficient (Wildman–Crippen LogP) is 2.30. The second-order valence-electron chi connectivity index (χ2n) is 6.81. The summed E-state index contributed by atoms with van der Waals surface area (Å²) in [6.07, 6.45) is 4.72. The SMILES string of the molecule is CC(C)CN1CCCC1c1nc(-c2ccnc(NS(C)(=O)=O)c2)no1. The summed E-state index contributed by atoms with van der Waals surface area (Å²) in [6, 6.07) is 3.47. The van der Waals surface area contributed by atoms with Crippen LogP contribution in [0.5, 0.6) is 0 Å². The standard InChI is InChI=1S/C16H23N5O3S/c1-11(2)10-21-8-4-5-13(21)16-18-15(19-24-16)12-6-7-17-14(9-12)20-25(3,22)23/h6-7,9,11,13H,4-5,8,10H2,1-3H3,(H,17,20). The van der Waals surface area contributed by atoms with Gasteiger partial charge in [0.2, 0.25) is 21.7 Å². The van der Waals surface area contributed by atoms with Crippen LogP contribution >= 0.6 is 0 Å². The number of aromatic nitrogens is 3. The van der Waals surface area contributed by atoms with Crippen LogP contribution < -0.4 is 4.72 Å². The predicted molar refractivity (Wildman–Crippen MR) is 94.4 cm³/mol. The Morgan fingerprint density at radius 3 is 2.96 bits per heavy atom. The van der Waals surface area contributed by atoms with Crippen molar-refractivity contribution >= 4 is 15.8 Å². The van der Waals surface area contributed by atoms with Crippen molar-refractivity contribution in [3.8, 4) is 11.4 Å². The molecule has 1 fully saturated rings. The van der Waals surface area contributed by atoms with E-state index in [1.807, 2.05) is 0 Å². The van der Waals surface area contributed by atoms with Crippen LogP contribution in [-0.4, -0.2) is 47.8 Å². The fourth-order valence-corrected chi connectivity index (χ4v) is 3.59. The molecule has 3 rings (SSSR count). The van der Waals surface area contributed by atoms with Crippen LogP contribution in [0.1, 0.15) is 38.6 Å². The Labute approximate surface area is 147 Å². The zero-order valence-electron chi connectivity index (χ0n) is 14.6. The summed E-state index contributed by atoms with van der Waals surface area (Å²) in [5.74, 6) is 1.86. The molecule has 3 heterocycles. The van der Waals surface area contributed by atoms with E-state index in [4.69, 9.17) is 4.52 Å². The Balaban J connectivity index is 1.81. The summed E-state index contributed by atoms with van der Waals surface area (Å²) >= 11 is 0. The smallest absolute Gasteiger partial charge is 0.244 e. The van der Waals surface area contributed by atoms with Gasteiger partial charge in [-0.3, -0.25) is 9.62 Å². The lowest BCUT2D eigenvalue weighted by molar-refractivity contribution is 0.189. The number of likely N-dealkylation sites (tertiary alicyclic amines) is 1. The molecular formula is C16H23N5O3S. The van der Waals surface area contributed by atoms with Gasteiger partial charge in [-0.2, -0.15) is 4.98 Å². The van der Waals surface area contributed by atoms with Gasteiger partial charge >= 0.3 is 0 Å². The van der Waals surface area contributed by atoms with Gasteiger partial charge in [-0.25, -0.2) is 13.4 Å². The minimum atomic E-state index is -3.39. The Kier molecular flexibility index (Phi) is 5.05. The van der Waals surface area contributed by atoms with Gasteiger partial charge in [-0.15, -0.1) is 0 Å². The number of pyridine rings is 1. The topological polar surface area (TPSA) is 101 Å². The van der Waals surface area contributed by atoms with Crippen LogP contribution in [0.4, 0.5) is 5.82 Å². The third-order valence-corrected chi connectivity index (χ3v) is 4.58. The molecule has 1 atom stereocenters. The first kappa shape index (κ1) is 17.8. The molecule has 1 aliphatic heterocycles. The summed E-state index contributed by atoms with van der Waals surface area (Å²) in [6.45, 7) is 6.43. The van der Waals surface area contributed by atoms with Crippen molar-refractivity contribution in [2.24, 2.45) is 5.92 Å². The van der Waals surface area contributed by atoms with Crippen LogP contribution in [0.15, 0.2) is 22.9 Å². The van der Waals surface area contributed by atoms with Crippen LogP contribution in [0.25, 0.3) is 11.4 Å². The molecule has 136 valence electrons. The molecule has 8 nitrogen and oxygen atoms in total. The van der Waals surface area contributed by atoms with Crippen molar-refractivity contribution in [1.82, 2.24) is 20.0 Å². The largest absolute Gasteiger partial charge is 0.337 e. The maximum atomic E-state index is 11.3. The molecule has 0 bridgehead atoms. The molecule has 1 unspecified atom stereocenters. The fraction of sp³-hybridized carbons (Fsp3) is 0.562. The average molecular weight is 365 g/mol. The molecule has 2 aromatic heterocycles. The molecular weight excluding hydrogens is 342 g/mol. The zero-order valence-corrected chi connectivity index (χ0v) is 15.5. The lowest BCUT2D eigenvalue weighted by Crippen LogP contribution is -2.27. The summed E-state index contributed by atoms with van der Waals surface area (Å²) in [5.41, 5.74) is 0.657. The average Bonchev–Trinajstić information content (AvgIpc) is 3.13. The first-order valence-electron chi connectivity index (χ1n) is 8.33. The molecule has 2 aromatic rings. The maximum Gasteiger partial charge on any atom is 0.244 e. The van der Waals surface area contributed by atoms with Crippen molar-refractivity contribution in [2.75, 3.05) is 24.1 Å². The third-order valence-electron chi connectivity index (χ3n) is 4.00. The molecule has 0 radical (unpaired) electrons. The van der Waals surface area contributed by atoms with Gasteiger partial charge in [0.05, 0.1) is 12.3 Å². The molecule has 1 saturated heterocycles. The van der Waals surface area contributed by atoms with Gasteiger partial charge in [-0.1, -0.05) is 19.0 Å². The molecule has 0 amide bonds. The van der Waals surface area contributed by atoms with Crippen molar-refractivity contribution in [3.63, 3.8) is 0 Å². The van der Waals surface area contributed by atoms with Crippen LogP contribution in [0.2, 0.25) is 0 Å². The number of hydrogen-bond acceptors (Lipinski definition) is 7. The number of rotatable bonds is 6. The van der Waals surface area contributed by atoms with E-state index < -0.39 is 10.0 Å². The zero-order chi connectivity index (χ0) is 18.0. The van der Waals surface area contributed by atoms with E-state index in [1.165, 1.54) is 6.20 Å². The molecule has 9 heteroatoms. The Morgan fingerprint density at radius 1 is 1.44 bits per heavy atom. The quantitative estimate of drug-likeness (QED) is 0.838. The van der Waals surface area contributed by atoms with Gasteiger partial charge in [0.25, 0.3) is 0 Å². The van der Waals surface area contributed by atoms with E-state index in [2.05, 4.69) is 38.6 Å². The normalized spacial score (nSPS) is 18.8. The monoisotopic (exact) mass is 365 g/mol. The highest BCUT2D eigenvalue weighted by atomic mass is 32.2. The lowest BCUT2D eigenvalue weighted by Gasteiger charge is -2.23. The summed E-state index contributed by atoms with van der Waals surface area (Å²) in [4.78, 5) is 10.9. The summed E-state index contributed by atoms with van der Waals surface area (Å²) in [5, 5.41) is 4.06. The molecule has 25 heavy (non-hydrogen) atoms. The Bertz CT molecular complexity index is 834. The highest BCUT2D eigenvalue weighted by molar-refractivity contribution is 7.92. The minimum absolute atomic E-state index is 0.152. The van der Waals surface area contributed by atoms with Crippen molar-refractivity contribution in [2.45, 2.75) is 32.7 Å². The second-order valence-corrected chi connectivity index (χ2v) is 8.56. The molecule has 1 N–H and O–H groups in total. The highest BCUT2D eigenvalue weighted by Crippen LogP contribution is 2.32. The number of sulfonamides is 1. The van der Waals surface area contributed by atoms with E-state index in [-0.39, 0.29) is 11.9 Å². The lowest BCUT2D eigenvalue weighted by atomic mass is 10.1. The number of nitrogens with one attached hydrogen (secondary N) is 1. The maximum absolute atomic E-state index is 11.3. The molecule has 1 aliphatic rings. The van der Waals surface area contributed by atoms with E-state index in [0.29, 0.717) is 23.2 Å². The summed E-state index contributed by atoms with van der Waals surface area (Å²) in [7, 11) is -3.39. The van der Waals surface area contributed by atoms with Gasteiger partial charge in [0, 0.05) is 18.3 Å². The van der Waals surface area contributed by atoms with Crippen molar-refractivity contribution in [1.29, 1.82) is 0 Å². The van der Waals surface area contributed by atoms with Crippen LogP contribution in [0, 0.1) is 5.92 Å². The molecule has 0 spiro atoms. The fourth-order valence-electron chi connectivity index (χ4n) is 3.10. The van der Waals surface area contributed by atoms with Gasteiger partial charge in [-0.05, 0) is 37.4 Å². The first-order chi connectivity index (χ1) is 11.8. The number of hydrogen-bond donors (Lipinski definition) is 1. The van der Waals surface area contributed by atoms with E-state index in [1.54, 1.807) is 12.1 Å². The Hall–Kier alpha value is -2.00. The van der Waals surface area contributed by atoms with Gasteiger partial charge in [0.1, 0.15) is 5.82 Å². The second kappa shape index (κ2) is 7.09. The van der Waals surface area contributed by atoms with E-state index in [9.17, 15) is 8.42 Å². The Morgan fingerprint density at radius 2 is 2.24 bits per heavy atom. The van der Waals surface area contributed by atoms with Gasteiger partial charge in [0.15, 0.2) is 0 Å². The van der Waals surface area contributed by atoms with E-state index >= 15 is 0 Å². The highest BCUT2D eigenvalue weighted by Gasteiger charge is 2.31. The molecule has 0 aromatic carbocycles. The van der Waals surface area contributed by atoms with Crippen molar-refractivity contribution in [3.05, 3.63) is 24.2 Å². The van der Waals surface area contributed by atoms with Crippen molar-refractivity contribution < 1.29 is 12.9 Å². The molecule has 0 aliphatic carbocycles. The number of nitrogens with zero attached hydrogens (tertiary/aromatic N) is 4. The van der Waals surface area contributed by atoms with Crippen LogP contribution in [0.3, 0.4) is 0 Å². The van der Waals surface area contributed by atoms with E-state index in [0.717, 1.165) is 32.2 Å². The van der Waals surface area contributed by atoms with Crippen LogP contribution in [-0.2, 0) is 10.0 Å². The minimum Gasteiger partial charge on any atom is -0.337 e. The number of anilines is 1. The first-order valence-corrected chi connectivity index (χ1v) is 10.2. The van der Waals surface area contributed by atoms with Gasteiger partial charge < -0.3 is 4.52 Å². The third kappa shape index (κ3) is 4.55. The molecule has 0 saturated carbocycles.